The smallest absolute Gasteiger partial charge is 0.255 e. The third kappa shape index (κ3) is 5.50. The molecule has 0 aliphatic heterocycles. The molecule has 2 amide bonds. The van der Waals surface area contributed by atoms with Crippen LogP contribution in [0.15, 0.2) is 91.3 Å². The third-order valence-corrected chi connectivity index (χ3v) is 6.10. The molecule has 2 aromatic heterocycles. The predicted molar refractivity (Wildman–Crippen MR) is 135 cm³/mol. The molecule has 3 N–H and O–H groups in total. The lowest BCUT2D eigenvalue weighted by atomic mass is 10.00. The lowest BCUT2D eigenvalue weighted by Crippen LogP contribution is -2.52. The van der Waals surface area contributed by atoms with Crippen molar-refractivity contribution in [3.8, 4) is 17.1 Å². The topological polar surface area (TPSA) is 109 Å². The summed E-state index contributed by atoms with van der Waals surface area (Å²) in [6.07, 6.45) is 4.05. The number of rotatable bonds is 9. The van der Waals surface area contributed by atoms with E-state index < -0.39 is 24.0 Å². The maximum atomic E-state index is 13.4. The van der Waals surface area contributed by atoms with E-state index in [1.807, 2.05) is 66.7 Å². The van der Waals surface area contributed by atoms with Gasteiger partial charge in [0.2, 0.25) is 0 Å². The first-order valence-corrected chi connectivity index (χ1v) is 12.0. The summed E-state index contributed by atoms with van der Waals surface area (Å²) < 4.78 is 1.56. The van der Waals surface area contributed by atoms with Crippen LogP contribution in [0.2, 0.25) is 0 Å². The second-order valence-corrected chi connectivity index (χ2v) is 8.88. The average Bonchev–Trinajstić information content (AvgIpc) is 3.60. The van der Waals surface area contributed by atoms with Crippen LogP contribution in [0, 0.1) is 0 Å². The minimum atomic E-state index is -1.40. The van der Waals surface area contributed by atoms with Crippen molar-refractivity contribution in [2.75, 3.05) is 0 Å². The quantitative estimate of drug-likeness (QED) is 0.341. The van der Waals surface area contributed by atoms with Gasteiger partial charge in [0, 0.05) is 24.0 Å². The zero-order valence-electron chi connectivity index (χ0n) is 19.6. The van der Waals surface area contributed by atoms with E-state index in [0.717, 1.165) is 29.7 Å². The molecule has 2 heterocycles. The number of pyridine rings is 1. The Hall–Kier alpha value is -4.30. The van der Waals surface area contributed by atoms with Gasteiger partial charge in [-0.1, -0.05) is 60.7 Å². The molecule has 0 saturated heterocycles. The number of aliphatic hydroxyl groups is 1. The molecule has 5 rings (SSSR count). The molecule has 8 heteroatoms. The van der Waals surface area contributed by atoms with Gasteiger partial charge in [-0.25, -0.2) is 9.67 Å². The van der Waals surface area contributed by atoms with E-state index in [0.29, 0.717) is 12.2 Å². The number of benzene rings is 2. The van der Waals surface area contributed by atoms with Crippen LogP contribution in [0.25, 0.3) is 17.1 Å². The molecular formula is C28H27N5O3. The first-order valence-electron chi connectivity index (χ1n) is 12.0. The number of hydrogen-bond donors (Lipinski definition) is 3. The standard InChI is InChI=1S/C28H27N5O3/c34-25(28(36)30-21-13-14-21)24(18-19-8-3-1-4-9-19)31-27(35)22-12-7-16-29-26(22)33-17-15-23(32-33)20-10-5-2-6-11-20/h1-12,15-17,21,24-25,34H,13-14,18H2,(H,30,36)(H,31,35). The van der Waals surface area contributed by atoms with Gasteiger partial charge in [-0.3, -0.25) is 9.59 Å². The fraction of sp³-hybridized carbons (Fsp3) is 0.214. The molecule has 0 bridgehead atoms. The lowest BCUT2D eigenvalue weighted by Gasteiger charge is -2.24. The van der Waals surface area contributed by atoms with Gasteiger partial charge in [0.05, 0.1) is 17.3 Å². The molecule has 8 nitrogen and oxygen atoms in total. The predicted octanol–water partition coefficient (Wildman–Crippen LogP) is 2.91. The summed E-state index contributed by atoms with van der Waals surface area (Å²) in [6.45, 7) is 0. The Kier molecular flexibility index (Phi) is 6.86. The van der Waals surface area contributed by atoms with E-state index >= 15 is 0 Å². The van der Waals surface area contributed by atoms with E-state index in [4.69, 9.17) is 0 Å². The number of amides is 2. The van der Waals surface area contributed by atoms with Gasteiger partial charge < -0.3 is 15.7 Å². The highest BCUT2D eigenvalue weighted by molar-refractivity contribution is 5.97. The number of carbonyl (C=O) groups excluding carboxylic acids is 2. The molecule has 4 aromatic rings. The molecule has 182 valence electrons. The Bertz CT molecular complexity index is 1340. The van der Waals surface area contributed by atoms with E-state index in [9.17, 15) is 14.7 Å². The summed E-state index contributed by atoms with van der Waals surface area (Å²) in [5.74, 6) is -0.577. The minimum absolute atomic E-state index is 0.101. The monoisotopic (exact) mass is 481 g/mol. The zero-order valence-corrected chi connectivity index (χ0v) is 19.6. The van der Waals surface area contributed by atoms with Gasteiger partial charge in [0.25, 0.3) is 11.8 Å². The SMILES string of the molecule is O=C(NC(Cc1ccccc1)C(O)C(=O)NC1CC1)c1cccnc1-n1ccc(-c2ccccc2)n1. The molecule has 2 atom stereocenters. The molecule has 1 aliphatic rings. The summed E-state index contributed by atoms with van der Waals surface area (Å²) >= 11 is 0. The summed E-state index contributed by atoms with van der Waals surface area (Å²) in [4.78, 5) is 30.5. The molecule has 2 aromatic carbocycles. The van der Waals surface area contributed by atoms with Crippen molar-refractivity contribution in [1.29, 1.82) is 0 Å². The van der Waals surface area contributed by atoms with Crippen LogP contribution in [0.3, 0.4) is 0 Å². The van der Waals surface area contributed by atoms with Crippen molar-refractivity contribution < 1.29 is 14.7 Å². The Balaban J connectivity index is 1.39. The van der Waals surface area contributed by atoms with Crippen LogP contribution in [-0.2, 0) is 11.2 Å². The molecule has 1 fully saturated rings. The Morgan fingerprint density at radius 2 is 1.69 bits per heavy atom. The summed E-state index contributed by atoms with van der Waals surface area (Å²) in [7, 11) is 0. The Labute approximate surface area is 209 Å². The van der Waals surface area contributed by atoms with Crippen LogP contribution in [-0.4, -0.2) is 49.9 Å². The molecule has 1 saturated carbocycles. The maximum Gasteiger partial charge on any atom is 0.255 e. The number of nitrogens with zero attached hydrogens (tertiary/aromatic N) is 3. The van der Waals surface area contributed by atoms with Crippen molar-refractivity contribution in [3.05, 3.63) is 102 Å². The molecule has 0 spiro atoms. The Morgan fingerprint density at radius 1 is 0.972 bits per heavy atom. The van der Waals surface area contributed by atoms with E-state index in [2.05, 4.69) is 20.7 Å². The second kappa shape index (κ2) is 10.5. The fourth-order valence-corrected chi connectivity index (χ4v) is 4.01. The first kappa shape index (κ1) is 23.4. The number of carbonyl (C=O) groups is 2. The van der Waals surface area contributed by atoms with Crippen molar-refractivity contribution >= 4 is 11.8 Å². The zero-order chi connectivity index (χ0) is 24.9. The van der Waals surface area contributed by atoms with Gasteiger partial charge in [0.15, 0.2) is 11.9 Å². The van der Waals surface area contributed by atoms with Crippen molar-refractivity contribution in [2.24, 2.45) is 0 Å². The number of hydrogen-bond acceptors (Lipinski definition) is 5. The van der Waals surface area contributed by atoms with Crippen LogP contribution in [0.5, 0.6) is 0 Å². The third-order valence-electron chi connectivity index (χ3n) is 6.10. The van der Waals surface area contributed by atoms with Crippen molar-refractivity contribution in [1.82, 2.24) is 25.4 Å². The van der Waals surface area contributed by atoms with Gasteiger partial charge in [-0.15, -0.1) is 0 Å². The van der Waals surface area contributed by atoms with E-state index in [1.54, 1.807) is 29.2 Å². The maximum absolute atomic E-state index is 13.4. The van der Waals surface area contributed by atoms with Crippen LogP contribution < -0.4 is 10.6 Å². The highest BCUT2D eigenvalue weighted by Crippen LogP contribution is 2.21. The second-order valence-electron chi connectivity index (χ2n) is 8.88. The largest absolute Gasteiger partial charge is 0.381 e. The van der Waals surface area contributed by atoms with Crippen molar-refractivity contribution in [3.63, 3.8) is 0 Å². The van der Waals surface area contributed by atoms with Crippen LogP contribution >= 0.6 is 0 Å². The molecule has 1 aliphatic carbocycles. The average molecular weight is 482 g/mol. The normalized spacial score (nSPS) is 14.6. The molecule has 0 radical (unpaired) electrons. The summed E-state index contributed by atoms with van der Waals surface area (Å²) in [6, 6.07) is 23.6. The van der Waals surface area contributed by atoms with E-state index in [-0.39, 0.29) is 11.6 Å². The summed E-state index contributed by atoms with van der Waals surface area (Å²) in [5, 5.41) is 21.2. The highest BCUT2D eigenvalue weighted by atomic mass is 16.3. The van der Waals surface area contributed by atoms with Crippen molar-refractivity contribution in [2.45, 2.75) is 37.5 Å². The van der Waals surface area contributed by atoms with Gasteiger partial charge in [-0.2, -0.15) is 5.10 Å². The van der Waals surface area contributed by atoms with Crippen LogP contribution in [0.4, 0.5) is 0 Å². The Morgan fingerprint density at radius 3 is 2.42 bits per heavy atom. The minimum Gasteiger partial charge on any atom is -0.381 e. The van der Waals surface area contributed by atoms with Gasteiger partial charge in [-0.05, 0) is 43.0 Å². The first-order chi connectivity index (χ1) is 17.6. The number of nitrogens with one attached hydrogen (secondary N) is 2. The fourth-order valence-electron chi connectivity index (χ4n) is 4.01. The number of aliphatic hydroxyl groups excluding tert-OH is 1. The molecule has 2 unspecified atom stereocenters. The summed E-state index contributed by atoms with van der Waals surface area (Å²) in [5.41, 5.74) is 2.88. The van der Waals surface area contributed by atoms with Crippen LogP contribution in [0.1, 0.15) is 28.8 Å². The highest BCUT2D eigenvalue weighted by Gasteiger charge is 2.32. The lowest BCUT2D eigenvalue weighted by molar-refractivity contribution is -0.130. The molecular weight excluding hydrogens is 454 g/mol. The number of aromatic nitrogens is 3. The van der Waals surface area contributed by atoms with Gasteiger partial charge in [0.1, 0.15) is 0 Å². The van der Waals surface area contributed by atoms with E-state index in [1.165, 1.54) is 0 Å². The van der Waals surface area contributed by atoms with Gasteiger partial charge >= 0.3 is 0 Å². The molecule has 36 heavy (non-hydrogen) atoms.